The minimum atomic E-state index is -0.942. The van der Waals surface area contributed by atoms with E-state index in [9.17, 15) is 9.59 Å². The summed E-state index contributed by atoms with van der Waals surface area (Å²) in [5, 5.41) is 3.72. The number of amides is 1. The molecule has 31 heavy (non-hydrogen) atoms. The second kappa shape index (κ2) is 10.2. The Morgan fingerprint density at radius 1 is 1.06 bits per heavy atom. The van der Waals surface area contributed by atoms with Gasteiger partial charge in [0.25, 0.3) is 5.91 Å². The molecule has 0 spiro atoms. The van der Waals surface area contributed by atoms with Gasteiger partial charge in [0.1, 0.15) is 0 Å². The third kappa shape index (κ3) is 5.60. The van der Waals surface area contributed by atoms with Crippen molar-refractivity contribution in [3.63, 3.8) is 0 Å². The summed E-state index contributed by atoms with van der Waals surface area (Å²) in [4.78, 5) is 28.8. The van der Waals surface area contributed by atoms with Crippen molar-refractivity contribution >= 4 is 28.9 Å². The highest BCUT2D eigenvalue weighted by molar-refractivity contribution is 5.94. The van der Waals surface area contributed by atoms with Gasteiger partial charge in [-0.05, 0) is 36.8 Å². The molecule has 0 aliphatic carbocycles. The first-order valence-electron chi connectivity index (χ1n) is 9.73. The molecule has 1 N–H and O–H groups in total. The molecule has 1 atom stereocenters. The molecule has 0 fully saturated rings. The van der Waals surface area contributed by atoms with Crippen LogP contribution in [0, 0.1) is 0 Å². The van der Waals surface area contributed by atoms with Gasteiger partial charge in [0, 0.05) is 29.8 Å². The molecule has 0 radical (unpaired) electrons. The number of hydrogen-bond acceptors (Lipinski definition) is 6. The molecule has 3 aromatic rings. The summed E-state index contributed by atoms with van der Waals surface area (Å²) in [5.41, 5.74) is 2.41. The number of aromatic nitrogens is 1. The molecule has 1 amide bonds. The second-order valence-electron chi connectivity index (χ2n) is 6.74. The Balaban J connectivity index is 1.55. The van der Waals surface area contributed by atoms with Crippen molar-refractivity contribution in [2.24, 2.45) is 0 Å². The Labute approximate surface area is 180 Å². The zero-order valence-corrected chi connectivity index (χ0v) is 17.6. The van der Waals surface area contributed by atoms with Crippen LogP contribution in [0.25, 0.3) is 17.0 Å². The lowest BCUT2D eigenvalue weighted by molar-refractivity contribution is -0.150. The highest BCUT2D eigenvalue weighted by Gasteiger charge is 2.16. The first kappa shape index (κ1) is 21.8. The van der Waals surface area contributed by atoms with Gasteiger partial charge in [0.05, 0.1) is 19.7 Å². The van der Waals surface area contributed by atoms with E-state index in [-0.39, 0.29) is 6.54 Å². The number of ether oxygens (including phenoxy) is 3. The number of carbonyl (C=O) groups is 2. The van der Waals surface area contributed by atoms with E-state index in [0.717, 1.165) is 22.0 Å². The lowest BCUT2D eigenvalue weighted by Gasteiger charge is -2.13. The Hall–Kier alpha value is -3.87. The predicted molar refractivity (Wildman–Crippen MR) is 118 cm³/mol. The van der Waals surface area contributed by atoms with E-state index < -0.39 is 18.0 Å². The van der Waals surface area contributed by atoms with Crippen LogP contribution in [0.4, 0.5) is 0 Å². The van der Waals surface area contributed by atoms with Crippen LogP contribution in [0.1, 0.15) is 18.1 Å². The lowest BCUT2D eigenvalue weighted by atomic mass is 10.1. The standard InChI is InChI=1S/C24H24N2O5/c1-16(24(28)26-15-17-9-11-20(29-2)21(14-17)30-3)31-22(27)12-10-19-7-4-6-18-8-5-13-25-23(18)19/h4-14,16H,15H2,1-3H3,(H,26,28)/b12-10+/t16-/m0/s1. The third-order valence-corrected chi connectivity index (χ3v) is 4.64. The zero-order valence-electron chi connectivity index (χ0n) is 17.6. The number of benzene rings is 2. The van der Waals surface area contributed by atoms with E-state index >= 15 is 0 Å². The monoisotopic (exact) mass is 420 g/mol. The molecule has 0 aliphatic heterocycles. The Morgan fingerprint density at radius 2 is 1.84 bits per heavy atom. The lowest BCUT2D eigenvalue weighted by Crippen LogP contribution is -2.35. The van der Waals surface area contributed by atoms with Crippen LogP contribution in [0.5, 0.6) is 11.5 Å². The number of nitrogens with one attached hydrogen (secondary N) is 1. The minimum Gasteiger partial charge on any atom is -0.493 e. The molecule has 0 unspecified atom stereocenters. The smallest absolute Gasteiger partial charge is 0.331 e. The fourth-order valence-corrected chi connectivity index (χ4v) is 3.01. The van der Waals surface area contributed by atoms with Gasteiger partial charge in [-0.25, -0.2) is 4.79 Å². The average molecular weight is 420 g/mol. The van der Waals surface area contributed by atoms with Gasteiger partial charge in [0.2, 0.25) is 0 Å². The molecule has 3 rings (SSSR count). The molecule has 1 aromatic heterocycles. The SMILES string of the molecule is COc1ccc(CNC(=O)[C@H](C)OC(=O)/C=C/c2cccc3cccnc23)cc1OC. The van der Waals surface area contributed by atoms with Gasteiger partial charge in [-0.15, -0.1) is 0 Å². The summed E-state index contributed by atoms with van der Waals surface area (Å²) in [6.07, 6.45) is 3.68. The molecule has 2 aromatic carbocycles. The zero-order chi connectivity index (χ0) is 22.2. The summed E-state index contributed by atoms with van der Waals surface area (Å²) in [5.74, 6) is 0.167. The predicted octanol–water partition coefficient (Wildman–Crippen LogP) is 3.51. The molecular formula is C24H24N2O5. The normalized spacial score (nSPS) is 11.8. The summed E-state index contributed by atoms with van der Waals surface area (Å²) in [7, 11) is 3.10. The van der Waals surface area contributed by atoms with Crippen molar-refractivity contribution in [1.82, 2.24) is 10.3 Å². The molecule has 0 saturated heterocycles. The van der Waals surface area contributed by atoms with Gasteiger partial charge in [-0.2, -0.15) is 0 Å². The minimum absolute atomic E-state index is 0.262. The van der Waals surface area contributed by atoms with Crippen LogP contribution in [-0.2, 0) is 20.9 Å². The van der Waals surface area contributed by atoms with E-state index in [1.807, 2.05) is 36.4 Å². The van der Waals surface area contributed by atoms with E-state index in [0.29, 0.717) is 11.5 Å². The highest BCUT2D eigenvalue weighted by Crippen LogP contribution is 2.27. The summed E-state index contributed by atoms with van der Waals surface area (Å²) in [6, 6.07) is 14.8. The quantitative estimate of drug-likeness (QED) is 0.443. The molecule has 7 heteroatoms. The average Bonchev–Trinajstić information content (AvgIpc) is 2.80. The first-order chi connectivity index (χ1) is 15.0. The summed E-state index contributed by atoms with van der Waals surface area (Å²) < 4.78 is 15.7. The number of methoxy groups -OCH3 is 2. The van der Waals surface area contributed by atoms with Gasteiger partial charge in [-0.3, -0.25) is 9.78 Å². The second-order valence-corrected chi connectivity index (χ2v) is 6.74. The van der Waals surface area contributed by atoms with E-state index in [4.69, 9.17) is 14.2 Å². The van der Waals surface area contributed by atoms with Crippen molar-refractivity contribution in [1.29, 1.82) is 0 Å². The van der Waals surface area contributed by atoms with Gasteiger partial charge in [-0.1, -0.05) is 30.3 Å². The largest absolute Gasteiger partial charge is 0.493 e. The van der Waals surface area contributed by atoms with Crippen LogP contribution in [0.2, 0.25) is 0 Å². The van der Waals surface area contributed by atoms with Gasteiger partial charge >= 0.3 is 5.97 Å². The fraction of sp³-hybridized carbons (Fsp3) is 0.208. The van der Waals surface area contributed by atoms with Crippen molar-refractivity contribution < 1.29 is 23.8 Å². The Bertz CT molecular complexity index is 1100. The molecule has 1 heterocycles. The maximum atomic E-state index is 12.3. The molecule has 160 valence electrons. The van der Waals surface area contributed by atoms with Gasteiger partial charge in [0.15, 0.2) is 17.6 Å². The molecular weight excluding hydrogens is 396 g/mol. The van der Waals surface area contributed by atoms with Crippen LogP contribution in [0.15, 0.2) is 60.8 Å². The van der Waals surface area contributed by atoms with E-state index in [2.05, 4.69) is 10.3 Å². The van der Waals surface area contributed by atoms with Crippen LogP contribution >= 0.6 is 0 Å². The summed E-state index contributed by atoms with van der Waals surface area (Å²) in [6.45, 7) is 1.79. The highest BCUT2D eigenvalue weighted by atomic mass is 16.5. The van der Waals surface area contributed by atoms with Crippen molar-refractivity contribution in [2.45, 2.75) is 19.6 Å². The number of carbonyl (C=O) groups excluding carboxylic acids is 2. The molecule has 0 aliphatic rings. The summed E-state index contributed by atoms with van der Waals surface area (Å²) >= 11 is 0. The van der Waals surface area contributed by atoms with Gasteiger partial charge < -0.3 is 19.5 Å². The number of fused-ring (bicyclic) bond motifs is 1. The number of nitrogens with zero attached hydrogens (tertiary/aromatic N) is 1. The van der Waals surface area contributed by atoms with Crippen LogP contribution < -0.4 is 14.8 Å². The Morgan fingerprint density at radius 3 is 2.61 bits per heavy atom. The first-order valence-corrected chi connectivity index (χ1v) is 9.73. The van der Waals surface area contributed by atoms with Crippen LogP contribution in [0.3, 0.4) is 0 Å². The number of para-hydroxylation sites is 1. The molecule has 0 saturated carbocycles. The number of esters is 1. The maximum Gasteiger partial charge on any atom is 0.331 e. The van der Waals surface area contributed by atoms with Crippen molar-refractivity contribution in [2.75, 3.05) is 14.2 Å². The maximum absolute atomic E-state index is 12.3. The van der Waals surface area contributed by atoms with Crippen molar-refractivity contribution in [3.8, 4) is 11.5 Å². The number of rotatable bonds is 8. The number of hydrogen-bond donors (Lipinski definition) is 1. The van der Waals surface area contributed by atoms with E-state index in [1.165, 1.54) is 13.0 Å². The topological polar surface area (TPSA) is 86.8 Å². The van der Waals surface area contributed by atoms with E-state index in [1.54, 1.807) is 38.6 Å². The van der Waals surface area contributed by atoms with Crippen molar-refractivity contribution in [3.05, 3.63) is 71.9 Å². The fourth-order valence-electron chi connectivity index (χ4n) is 3.01. The third-order valence-electron chi connectivity index (χ3n) is 4.64. The molecule has 0 bridgehead atoms. The Kier molecular flexibility index (Phi) is 7.22. The number of pyridine rings is 1. The van der Waals surface area contributed by atoms with Crippen LogP contribution in [-0.4, -0.2) is 37.2 Å². The molecule has 7 nitrogen and oxygen atoms in total.